The predicted octanol–water partition coefficient (Wildman–Crippen LogP) is -0.304. The van der Waals surface area contributed by atoms with E-state index in [0.717, 1.165) is 0 Å². The monoisotopic (exact) mass is 283 g/mol. The van der Waals surface area contributed by atoms with Crippen LogP contribution in [0.25, 0.3) is 0 Å². The van der Waals surface area contributed by atoms with Crippen LogP contribution in [0.5, 0.6) is 0 Å². The van der Waals surface area contributed by atoms with E-state index in [4.69, 9.17) is 10.2 Å². The Kier molecular flexibility index (Phi) is 4.12. The van der Waals surface area contributed by atoms with Gasteiger partial charge in [0.25, 0.3) is 0 Å². The van der Waals surface area contributed by atoms with Crippen molar-refractivity contribution in [2.24, 2.45) is 12.8 Å². The molecule has 3 N–H and O–H groups in total. The molecule has 0 aromatic carbocycles. The van der Waals surface area contributed by atoms with E-state index >= 15 is 0 Å². The number of nitrogens with one attached hydrogen (secondary N) is 1. The average Bonchev–Trinajstić information content (AvgIpc) is 2.93. The van der Waals surface area contributed by atoms with Crippen molar-refractivity contribution in [3.8, 4) is 0 Å². The molecular weight excluding hydrogens is 270 g/mol. The van der Waals surface area contributed by atoms with Gasteiger partial charge in [-0.1, -0.05) is 16.9 Å². The van der Waals surface area contributed by atoms with Gasteiger partial charge in [0.1, 0.15) is 5.82 Å². The quantitative estimate of drug-likeness (QED) is 0.716. The van der Waals surface area contributed by atoms with E-state index in [1.807, 2.05) is 0 Å². The molecule has 0 radical (unpaired) electrons. The molecule has 10 heteroatoms. The second-order valence-corrected chi connectivity index (χ2v) is 4.57. The molecule has 0 saturated heterocycles. The van der Waals surface area contributed by atoms with Crippen molar-refractivity contribution in [3.05, 3.63) is 11.7 Å². The van der Waals surface area contributed by atoms with E-state index in [-0.39, 0.29) is 17.7 Å². The van der Waals surface area contributed by atoms with Crippen molar-refractivity contribution in [2.45, 2.75) is 18.6 Å². The zero-order valence-electron chi connectivity index (χ0n) is 10.5. The number of aromatic nitrogens is 5. The first-order valence-electron chi connectivity index (χ1n) is 5.41. The Morgan fingerprint density at radius 2 is 2.21 bits per heavy atom. The smallest absolute Gasteiger partial charge is 0.322 e. The van der Waals surface area contributed by atoms with Crippen LogP contribution in [-0.2, 0) is 18.4 Å². The summed E-state index contributed by atoms with van der Waals surface area (Å²) >= 11 is 1.25. The number of carbonyl (C=O) groups is 1. The Bertz CT molecular complexity index is 579. The normalized spacial score (nSPS) is 10.7. The van der Waals surface area contributed by atoms with Crippen LogP contribution in [0.4, 0.5) is 6.01 Å². The fourth-order valence-electron chi connectivity index (χ4n) is 1.28. The second kappa shape index (κ2) is 5.80. The van der Waals surface area contributed by atoms with Gasteiger partial charge in [0.15, 0.2) is 5.16 Å². The van der Waals surface area contributed by atoms with Crippen molar-refractivity contribution in [1.29, 1.82) is 0 Å². The molecule has 0 bridgehead atoms. The van der Waals surface area contributed by atoms with Crippen LogP contribution in [0.3, 0.4) is 0 Å². The first kappa shape index (κ1) is 13.5. The summed E-state index contributed by atoms with van der Waals surface area (Å²) in [5, 5.41) is 18.2. The minimum absolute atomic E-state index is 0.0868. The molecule has 2 heterocycles. The standard InChI is InChI=1S/C9H13N7O2S/c1-5-12-14-8(18-5)11-7(17)4-19-9-15-13-6(3-10)16(9)2/h3-4,10H2,1-2H3,(H,11,14,17). The number of carbonyl (C=O) groups excluding carboxylic acids is 1. The molecule has 0 aliphatic carbocycles. The lowest BCUT2D eigenvalue weighted by molar-refractivity contribution is -0.113. The highest BCUT2D eigenvalue weighted by atomic mass is 32.2. The van der Waals surface area contributed by atoms with Gasteiger partial charge in [-0.25, -0.2) is 0 Å². The molecule has 0 spiro atoms. The third-order valence-corrected chi connectivity index (χ3v) is 3.23. The fraction of sp³-hybridized carbons (Fsp3) is 0.444. The third-order valence-electron chi connectivity index (χ3n) is 2.21. The number of anilines is 1. The van der Waals surface area contributed by atoms with Crippen LogP contribution >= 0.6 is 11.8 Å². The molecule has 0 aliphatic heterocycles. The van der Waals surface area contributed by atoms with Crippen LogP contribution in [-0.4, -0.2) is 36.6 Å². The summed E-state index contributed by atoms with van der Waals surface area (Å²) in [7, 11) is 1.80. The Morgan fingerprint density at radius 1 is 1.42 bits per heavy atom. The number of thioether (sulfide) groups is 1. The van der Waals surface area contributed by atoms with Gasteiger partial charge < -0.3 is 14.7 Å². The number of hydrogen-bond acceptors (Lipinski definition) is 8. The number of rotatable bonds is 5. The lowest BCUT2D eigenvalue weighted by atomic mass is 10.6. The Labute approximate surface area is 113 Å². The van der Waals surface area contributed by atoms with E-state index in [1.165, 1.54) is 11.8 Å². The van der Waals surface area contributed by atoms with Gasteiger partial charge in [-0.3, -0.25) is 10.1 Å². The van der Waals surface area contributed by atoms with Crippen molar-refractivity contribution in [3.63, 3.8) is 0 Å². The summed E-state index contributed by atoms with van der Waals surface area (Å²) in [5.74, 6) is 0.961. The molecule has 0 aliphatic rings. The molecule has 1 amide bonds. The molecular formula is C9H13N7O2S. The molecule has 19 heavy (non-hydrogen) atoms. The predicted molar refractivity (Wildman–Crippen MR) is 67.3 cm³/mol. The van der Waals surface area contributed by atoms with E-state index in [9.17, 15) is 4.79 Å². The number of nitrogens with two attached hydrogens (primary N) is 1. The van der Waals surface area contributed by atoms with Gasteiger partial charge in [0, 0.05) is 14.0 Å². The van der Waals surface area contributed by atoms with E-state index in [2.05, 4.69) is 25.7 Å². The average molecular weight is 283 g/mol. The number of amides is 1. The van der Waals surface area contributed by atoms with Crippen molar-refractivity contribution < 1.29 is 9.21 Å². The summed E-state index contributed by atoms with van der Waals surface area (Å²) in [5.41, 5.74) is 5.48. The molecule has 0 saturated carbocycles. The maximum Gasteiger partial charge on any atom is 0.322 e. The van der Waals surface area contributed by atoms with Crippen LogP contribution in [0, 0.1) is 6.92 Å². The van der Waals surface area contributed by atoms with Gasteiger partial charge in [-0.05, 0) is 0 Å². The second-order valence-electron chi connectivity index (χ2n) is 3.63. The van der Waals surface area contributed by atoms with Gasteiger partial charge in [-0.15, -0.1) is 15.3 Å². The number of nitrogens with zero attached hydrogens (tertiary/aromatic N) is 5. The molecule has 9 nitrogen and oxygen atoms in total. The van der Waals surface area contributed by atoms with Crippen molar-refractivity contribution in [2.75, 3.05) is 11.1 Å². The minimum atomic E-state index is -0.258. The SMILES string of the molecule is Cc1nnc(NC(=O)CSc2nnc(CN)n2C)o1. The van der Waals surface area contributed by atoms with Crippen molar-refractivity contribution >= 4 is 23.7 Å². The summed E-state index contributed by atoms with van der Waals surface area (Å²) in [4.78, 5) is 11.6. The zero-order valence-corrected chi connectivity index (χ0v) is 11.3. The fourth-order valence-corrected chi connectivity index (χ4v) is 2.01. The molecule has 0 atom stereocenters. The van der Waals surface area contributed by atoms with E-state index in [1.54, 1.807) is 18.5 Å². The highest BCUT2D eigenvalue weighted by Gasteiger charge is 2.12. The molecule has 2 rings (SSSR count). The summed E-state index contributed by atoms with van der Waals surface area (Å²) in [6, 6.07) is 0.0868. The molecule has 0 fully saturated rings. The van der Waals surface area contributed by atoms with E-state index in [0.29, 0.717) is 23.4 Å². The molecule has 0 unspecified atom stereocenters. The Balaban J connectivity index is 1.88. The van der Waals surface area contributed by atoms with Crippen LogP contribution in [0.2, 0.25) is 0 Å². The largest absolute Gasteiger partial charge is 0.408 e. The third kappa shape index (κ3) is 3.29. The number of hydrogen-bond donors (Lipinski definition) is 2. The van der Waals surface area contributed by atoms with E-state index < -0.39 is 0 Å². The van der Waals surface area contributed by atoms with Gasteiger partial charge in [0.05, 0.1) is 12.3 Å². The molecule has 102 valence electrons. The highest BCUT2D eigenvalue weighted by molar-refractivity contribution is 7.99. The van der Waals surface area contributed by atoms with Gasteiger partial charge in [-0.2, -0.15) is 0 Å². The summed E-state index contributed by atoms with van der Waals surface area (Å²) < 4.78 is 6.78. The Hall–Kier alpha value is -1.94. The Morgan fingerprint density at radius 3 is 2.79 bits per heavy atom. The minimum Gasteiger partial charge on any atom is -0.408 e. The van der Waals surface area contributed by atoms with Crippen LogP contribution in [0.1, 0.15) is 11.7 Å². The summed E-state index contributed by atoms with van der Waals surface area (Å²) in [6.45, 7) is 1.95. The molecule has 2 aromatic rings. The van der Waals surface area contributed by atoms with Gasteiger partial charge in [0.2, 0.25) is 11.8 Å². The lowest BCUT2D eigenvalue weighted by Gasteiger charge is -2.01. The first-order chi connectivity index (χ1) is 9.10. The zero-order chi connectivity index (χ0) is 13.8. The molecule has 2 aromatic heterocycles. The van der Waals surface area contributed by atoms with Crippen LogP contribution in [0.15, 0.2) is 9.57 Å². The van der Waals surface area contributed by atoms with Gasteiger partial charge >= 0.3 is 6.01 Å². The maximum absolute atomic E-state index is 11.6. The summed E-state index contributed by atoms with van der Waals surface area (Å²) in [6.07, 6.45) is 0. The lowest BCUT2D eigenvalue weighted by Crippen LogP contribution is -2.15. The first-order valence-corrected chi connectivity index (χ1v) is 6.39. The van der Waals surface area contributed by atoms with Crippen LogP contribution < -0.4 is 11.1 Å². The topological polar surface area (TPSA) is 125 Å². The number of aryl methyl sites for hydroxylation is 1. The highest BCUT2D eigenvalue weighted by Crippen LogP contribution is 2.15. The maximum atomic E-state index is 11.6. The van der Waals surface area contributed by atoms with Crippen molar-refractivity contribution in [1.82, 2.24) is 25.0 Å².